The minimum atomic E-state index is 0.194. The molecule has 1 amide bonds. The molecule has 1 atom stereocenters. The first-order chi connectivity index (χ1) is 13.7. The van der Waals surface area contributed by atoms with Crippen LogP contribution in [0, 0.1) is 5.92 Å². The number of nitrogens with zero attached hydrogens (tertiary/aromatic N) is 2. The third-order valence-electron chi connectivity index (χ3n) is 5.67. The minimum Gasteiger partial charge on any atom is -0.456 e. The average Bonchev–Trinajstić information content (AvgIpc) is 3.43. The van der Waals surface area contributed by atoms with E-state index in [4.69, 9.17) is 4.74 Å². The van der Waals surface area contributed by atoms with E-state index in [2.05, 4.69) is 23.2 Å². The first-order valence-corrected chi connectivity index (χ1v) is 9.94. The monoisotopic (exact) mass is 373 g/mol. The highest BCUT2D eigenvalue weighted by Gasteiger charge is 2.39. The van der Waals surface area contributed by atoms with Gasteiger partial charge < -0.3 is 9.64 Å². The number of aromatic amines is 1. The van der Waals surface area contributed by atoms with Crippen LogP contribution in [0.15, 0.2) is 54.7 Å². The molecule has 5 heteroatoms. The Labute approximate surface area is 164 Å². The molecular formula is C23H23N3O2. The normalized spacial score (nSPS) is 18.6. The van der Waals surface area contributed by atoms with Crippen molar-refractivity contribution in [3.8, 4) is 22.8 Å². The van der Waals surface area contributed by atoms with Crippen molar-refractivity contribution in [2.45, 2.75) is 38.6 Å². The summed E-state index contributed by atoms with van der Waals surface area (Å²) in [6.45, 7) is 2.14. The van der Waals surface area contributed by atoms with Gasteiger partial charge in [-0.3, -0.25) is 9.89 Å². The second-order valence-electron chi connectivity index (χ2n) is 7.70. The smallest absolute Gasteiger partial charge is 0.230 e. The Kier molecular flexibility index (Phi) is 4.15. The van der Waals surface area contributed by atoms with Gasteiger partial charge in [0.2, 0.25) is 5.91 Å². The van der Waals surface area contributed by atoms with Crippen LogP contribution in [-0.2, 0) is 11.2 Å². The summed E-state index contributed by atoms with van der Waals surface area (Å²) in [5, 5.41) is 7.15. The number of hydrogen-bond donors (Lipinski definition) is 1. The van der Waals surface area contributed by atoms with E-state index in [1.54, 1.807) is 6.20 Å². The fraction of sp³-hybridized carbons (Fsp3) is 0.304. The van der Waals surface area contributed by atoms with Crippen molar-refractivity contribution in [2.75, 3.05) is 4.90 Å². The van der Waals surface area contributed by atoms with E-state index in [0.29, 0.717) is 0 Å². The van der Waals surface area contributed by atoms with Gasteiger partial charge in [-0.1, -0.05) is 18.2 Å². The molecule has 28 heavy (non-hydrogen) atoms. The van der Waals surface area contributed by atoms with Crippen LogP contribution in [-0.4, -0.2) is 22.1 Å². The van der Waals surface area contributed by atoms with Crippen molar-refractivity contribution < 1.29 is 9.53 Å². The molecule has 5 rings (SSSR count). The fourth-order valence-electron chi connectivity index (χ4n) is 4.01. The summed E-state index contributed by atoms with van der Waals surface area (Å²) >= 11 is 0. The van der Waals surface area contributed by atoms with E-state index in [0.717, 1.165) is 59.7 Å². The molecule has 142 valence electrons. The predicted molar refractivity (Wildman–Crippen MR) is 109 cm³/mol. The van der Waals surface area contributed by atoms with Gasteiger partial charge in [0.25, 0.3) is 0 Å². The van der Waals surface area contributed by atoms with Gasteiger partial charge in [-0.2, -0.15) is 5.10 Å². The molecule has 0 unspecified atom stereocenters. The molecule has 1 aromatic heterocycles. The first-order valence-electron chi connectivity index (χ1n) is 9.94. The number of amides is 1. The molecule has 1 aliphatic carbocycles. The third kappa shape index (κ3) is 2.97. The van der Waals surface area contributed by atoms with Crippen LogP contribution in [0.2, 0.25) is 0 Å². The van der Waals surface area contributed by atoms with E-state index in [-0.39, 0.29) is 17.9 Å². The maximum absolute atomic E-state index is 13.0. The largest absolute Gasteiger partial charge is 0.456 e. The van der Waals surface area contributed by atoms with Crippen LogP contribution in [0.4, 0.5) is 5.69 Å². The fourth-order valence-corrected chi connectivity index (χ4v) is 4.01. The van der Waals surface area contributed by atoms with E-state index in [9.17, 15) is 4.79 Å². The Morgan fingerprint density at radius 1 is 1.11 bits per heavy atom. The van der Waals surface area contributed by atoms with Crippen LogP contribution in [0.25, 0.3) is 11.3 Å². The van der Waals surface area contributed by atoms with Crippen LogP contribution >= 0.6 is 0 Å². The zero-order valence-electron chi connectivity index (χ0n) is 15.9. The molecule has 5 nitrogen and oxygen atoms in total. The average molecular weight is 373 g/mol. The third-order valence-corrected chi connectivity index (χ3v) is 5.67. The van der Waals surface area contributed by atoms with Crippen molar-refractivity contribution in [1.82, 2.24) is 10.2 Å². The molecule has 3 aromatic rings. The summed E-state index contributed by atoms with van der Waals surface area (Å²) in [4.78, 5) is 15.0. The highest BCUT2D eigenvalue weighted by Crippen LogP contribution is 2.45. The molecule has 2 aromatic carbocycles. The molecule has 1 saturated carbocycles. The molecule has 0 saturated heterocycles. The maximum Gasteiger partial charge on any atom is 0.230 e. The van der Waals surface area contributed by atoms with Gasteiger partial charge in [0, 0.05) is 29.3 Å². The zero-order chi connectivity index (χ0) is 19.1. The van der Waals surface area contributed by atoms with Crippen molar-refractivity contribution in [1.29, 1.82) is 0 Å². The molecule has 2 heterocycles. The Hall–Kier alpha value is -3.08. The predicted octanol–water partition coefficient (Wildman–Crippen LogP) is 4.95. The number of nitrogens with one attached hydrogen (secondary N) is 1. The van der Waals surface area contributed by atoms with Crippen molar-refractivity contribution in [2.24, 2.45) is 5.92 Å². The number of carbonyl (C=O) groups excluding carboxylic acids is 1. The summed E-state index contributed by atoms with van der Waals surface area (Å²) < 4.78 is 6.39. The lowest BCUT2D eigenvalue weighted by Gasteiger charge is -2.36. The molecular weight excluding hydrogens is 350 g/mol. The summed E-state index contributed by atoms with van der Waals surface area (Å²) in [6.07, 6.45) is 5.58. The number of carbonyl (C=O) groups is 1. The SMILES string of the molecule is C[C@H]1CCc2c(ccc(-c3ccn[nH]3)c2Oc2ccccc2)N1C(=O)C1CC1. The van der Waals surface area contributed by atoms with E-state index < -0.39 is 0 Å². The molecule has 2 aliphatic rings. The molecule has 1 N–H and O–H groups in total. The number of hydrogen-bond acceptors (Lipinski definition) is 3. The van der Waals surface area contributed by atoms with Gasteiger partial charge in [-0.15, -0.1) is 0 Å². The zero-order valence-corrected chi connectivity index (χ0v) is 15.9. The number of benzene rings is 2. The van der Waals surface area contributed by atoms with Gasteiger partial charge in [0.15, 0.2) is 0 Å². The van der Waals surface area contributed by atoms with Gasteiger partial charge in [-0.05, 0) is 62.9 Å². The van der Waals surface area contributed by atoms with Crippen molar-refractivity contribution in [3.05, 3.63) is 60.3 Å². The summed E-state index contributed by atoms with van der Waals surface area (Å²) in [6, 6.07) is 16.1. The topological polar surface area (TPSA) is 58.2 Å². The van der Waals surface area contributed by atoms with E-state index in [1.807, 2.05) is 47.4 Å². The Morgan fingerprint density at radius 3 is 2.64 bits per heavy atom. The van der Waals surface area contributed by atoms with Gasteiger partial charge in [-0.25, -0.2) is 0 Å². The maximum atomic E-state index is 13.0. The lowest BCUT2D eigenvalue weighted by Crippen LogP contribution is -2.43. The van der Waals surface area contributed by atoms with Gasteiger partial charge in [0.1, 0.15) is 11.5 Å². The Balaban J connectivity index is 1.65. The van der Waals surface area contributed by atoms with Crippen molar-refractivity contribution in [3.63, 3.8) is 0 Å². The summed E-state index contributed by atoms with van der Waals surface area (Å²) in [5.74, 6) is 2.05. The van der Waals surface area contributed by atoms with Crippen molar-refractivity contribution >= 4 is 11.6 Å². The van der Waals surface area contributed by atoms with Crippen LogP contribution in [0.3, 0.4) is 0 Å². The second kappa shape index (κ2) is 6.82. The highest BCUT2D eigenvalue weighted by molar-refractivity contribution is 5.99. The number of H-pyrrole nitrogens is 1. The number of ether oxygens (including phenoxy) is 1. The van der Waals surface area contributed by atoms with Gasteiger partial charge in [0.05, 0.1) is 11.4 Å². The van der Waals surface area contributed by atoms with Crippen LogP contribution in [0.1, 0.15) is 31.7 Å². The molecule has 1 aliphatic heterocycles. The summed E-state index contributed by atoms with van der Waals surface area (Å²) in [5.41, 5.74) is 3.97. The first kappa shape index (κ1) is 17.0. The lowest BCUT2D eigenvalue weighted by molar-refractivity contribution is -0.120. The minimum absolute atomic E-state index is 0.194. The number of fused-ring (bicyclic) bond motifs is 1. The quantitative estimate of drug-likeness (QED) is 0.704. The highest BCUT2D eigenvalue weighted by atomic mass is 16.5. The molecule has 0 bridgehead atoms. The summed E-state index contributed by atoms with van der Waals surface area (Å²) in [7, 11) is 0. The van der Waals surface area contributed by atoms with E-state index in [1.165, 1.54) is 0 Å². The Morgan fingerprint density at radius 2 is 1.93 bits per heavy atom. The second-order valence-corrected chi connectivity index (χ2v) is 7.70. The van der Waals surface area contributed by atoms with Crippen LogP contribution in [0.5, 0.6) is 11.5 Å². The van der Waals surface area contributed by atoms with Crippen LogP contribution < -0.4 is 9.64 Å². The number of para-hydroxylation sites is 1. The molecule has 1 fully saturated rings. The number of aromatic nitrogens is 2. The Bertz CT molecular complexity index is 994. The molecule has 0 radical (unpaired) electrons. The van der Waals surface area contributed by atoms with Gasteiger partial charge >= 0.3 is 0 Å². The number of rotatable bonds is 4. The number of anilines is 1. The standard InChI is InChI=1S/C23H23N3O2/c1-15-7-10-19-21(26(15)23(27)16-8-9-16)12-11-18(20-13-14-24-25-20)22(19)28-17-5-3-2-4-6-17/h2-6,11-16H,7-10H2,1H3,(H,24,25)/t15-/m0/s1. The van der Waals surface area contributed by atoms with E-state index >= 15 is 0 Å². The molecule has 0 spiro atoms. The lowest BCUT2D eigenvalue weighted by atomic mass is 9.92.